The summed E-state index contributed by atoms with van der Waals surface area (Å²) in [5.41, 5.74) is 2.78. The molecule has 4 aromatic rings. The highest BCUT2D eigenvalue weighted by Crippen LogP contribution is 2.34. The number of hydrogen-bond acceptors (Lipinski definition) is 6. The Labute approximate surface area is 235 Å². The zero-order chi connectivity index (χ0) is 27.4. The highest BCUT2D eigenvalue weighted by atomic mass is 32.1. The second kappa shape index (κ2) is 11.8. The first kappa shape index (κ1) is 27.2. The van der Waals surface area contributed by atoms with Crippen LogP contribution in [0.4, 0.5) is 4.79 Å². The molecule has 3 atom stereocenters. The lowest BCUT2D eigenvalue weighted by atomic mass is 9.86. The molecule has 1 aliphatic heterocycles. The van der Waals surface area contributed by atoms with Gasteiger partial charge in [0.15, 0.2) is 0 Å². The lowest BCUT2D eigenvalue weighted by Gasteiger charge is -2.39. The van der Waals surface area contributed by atoms with Crippen LogP contribution in [-0.2, 0) is 16.1 Å². The summed E-state index contributed by atoms with van der Waals surface area (Å²) < 4.78 is 12.2. The number of thiol groups is 1. The average Bonchev–Trinajstić information content (AvgIpc) is 2.95. The number of amides is 1. The molecule has 2 heterocycles. The summed E-state index contributed by atoms with van der Waals surface area (Å²) in [4.78, 5) is 23.4. The van der Waals surface area contributed by atoms with Gasteiger partial charge in [0, 0.05) is 24.9 Å². The van der Waals surface area contributed by atoms with E-state index in [0.29, 0.717) is 25.5 Å². The Hall–Kier alpha value is -3.42. The first-order valence-corrected chi connectivity index (χ1v) is 13.9. The smallest absolute Gasteiger partial charge is 0.410 e. The molecule has 1 fully saturated rings. The molecule has 0 spiro atoms. The van der Waals surface area contributed by atoms with Gasteiger partial charge in [-0.25, -0.2) is 14.8 Å². The fourth-order valence-corrected chi connectivity index (χ4v) is 5.32. The first-order valence-electron chi connectivity index (χ1n) is 13.4. The van der Waals surface area contributed by atoms with Crippen molar-refractivity contribution in [3.8, 4) is 0 Å². The summed E-state index contributed by atoms with van der Waals surface area (Å²) in [6.07, 6.45) is 3.78. The number of aromatic nitrogens is 2. The Kier molecular flexibility index (Phi) is 8.19. The van der Waals surface area contributed by atoms with E-state index < -0.39 is 5.60 Å². The Balaban J connectivity index is 1.34. The van der Waals surface area contributed by atoms with E-state index in [-0.39, 0.29) is 23.4 Å². The maximum atomic E-state index is 12.9. The topological polar surface area (TPSA) is 64.5 Å². The van der Waals surface area contributed by atoms with Gasteiger partial charge in [-0.2, -0.15) is 12.6 Å². The van der Waals surface area contributed by atoms with Crippen LogP contribution in [0.2, 0.25) is 0 Å². The fourth-order valence-electron chi connectivity index (χ4n) is 5.02. The van der Waals surface area contributed by atoms with Crippen molar-refractivity contribution >= 4 is 29.5 Å². The molecule has 39 heavy (non-hydrogen) atoms. The molecule has 1 amide bonds. The van der Waals surface area contributed by atoms with E-state index in [1.807, 2.05) is 32.9 Å². The predicted molar refractivity (Wildman–Crippen MR) is 157 cm³/mol. The van der Waals surface area contributed by atoms with Gasteiger partial charge in [0.05, 0.1) is 24.5 Å². The Morgan fingerprint density at radius 2 is 1.72 bits per heavy atom. The molecular formula is C32H35N3O3S. The van der Waals surface area contributed by atoms with E-state index in [1.54, 1.807) is 23.4 Å². The van der Waals surface area contributed by atoms with Crippen molar-refractivity contribution in [2.75, 3.05) is 13.1 Å². The maximum Gasteiger partial charge on any atom is 0.410 e. The normalized spacial score (nSPS) is 18.6. The van der Waals surface area contributed by atoms with Gasteiger partial charge in [-0.3, -0.25) is 0 Å². The molecule has 3 aromatic carbocycles. The summed E-state index contributed by atoms with van der Waals surface area (Å²) in [5, 5.41) is 2.19. The first-order chi connectivity index (χ1) is 18.8. The van der Waals surface area contributed by atoms with Crippen molar-refractivity contribution in [1.82, 2.24) is 14.9 Å². The van der Waals surface area contributed by atoms with E-state index in [4.69, 9.17) is 22.1 Å². The zero-order valence-corrected chi connectivity index (χ0v) is 23.6. The molecule has 1 saturated heterocycles. The van der Waals surface area contributed by atoms with Crippen LogP contribution < -0.4 is 0 Å². The highest BCUT2D eigenvalue weighted by molar-refractivity contribution is 7.80. The minimum absolute atomic E-state index is 0.143. The van der Waals surface area contributed by atoms with Gasteiger partial charge in [-0.15, -0.1) is 0 Å². The van der Waals surface area contributed by atoms with Crippen molar-refractivity contribution in [2.45, 2.75) is 56.7 Å². The molecular weight excluding hydrogens is 506 g/mol. The SMILES string of the molecule is CC(C)(C)OC(=O)N1CCC(c2ccc(C(S)c3ncccn3)cc2)C(OCc2ccc3ccccc3c2)C1. The summed E-state index contributed by atoms with van der Waals surface area (Å²) in [5.74, 6) is 0.820. The zero-order valence-electron chi connectivity index (χ0n) is 22.7. The third kappa shape index (κ3) is 6.78. The standard InChI is InChI=1S/C32H35N3O3S/c1-32(2,3)38-31(36)35-18-15-27(24-11-13-25(14-12-24)29(39)30-33-16-6-17-34-30)28(20-35)37-21-22-9-10-23-7-4-5-8-26(23)19-22/h4-14,16-17,19,27-29,39H,15,18,20-21H2,1-3H3. The number of nitrogens with zero attached hydrogens (tertiary/aromatic N) is 3. The number of hydrogen-bond donors (Lipinski definition) is 1. The number of fused-ring (bicyclic) bond motifs is 1. The number of likely N-dealkylation sites (tertiary alicyclic amines) is 1. The Bertz CT molecular complexity index is 1410. The molecule has 0 aliphatic carbocycles. The average molecular weight is 542 g/mol. The lowest BCUT2D eigenvalue weighted by Crippen LogP contribution is -2.48. The van der Waals surface area contributed by atoms with Crippen LogP contribution in [0.1, 0.15) is 60.9 Å². The fraction of sp³-hybridized carbons (Fsp3) is 0.344. The van der Waals surface area contributed by atoms with Crippen LogP contribution in [-0.4, -0.2) is 45.8 Å². The number of ether oxygens (including phenoxy) is 2. The summed E-state index contributed by atoms with van der Waals surface area (Å²) in [6.45, 7) is 7.23. The predicted octanol–water partition coefficient (Wildman–Crippen LogP) is 6.96. The van der Waals surface area contributed by atoms with Crippen LogP contribution in [0, 0.1) is 0 Å². The monoisotopic (exact) mass is 541 g/mol. The van der Waals surface area contributed by atoms with Crippen LogP contribution in [0.5, 0.6) is 0 Å². The van der Waals surface area contributed by atoms with Crippen LogP contribution in [0.3, 0.4) is 0 Å². The quantitative estimate of drug-likeness (QED) is 0.267. The molecule has 6 nitrogen and oxygen atoms in total. The number of carbonyl (C=O) groups excluding carboxylic acids is 1. The van der Waals surface area contributed by atoms with Gasteiger partial charge in [-0.1, -0.05) is 60.7 Å². The summed E-state index contributed by atoms with van der Waals surface area (Å²) in [6, 6.07) is 25.0. The van der Waals surface area contributed by atoms with Crippen molar-refractivity contribution < 1.29 is 14.3 Å². The minimum Gasteiger partial charge on any atom is -0.444 e. The third-order valence-corrected chi connectivity index (χ3v) is 7.53. The van der Waals surface area contributed by atoms with Crippen molar-refractivity contribution in [1.29, 1.82) is 0 Å². The molecule has 5 rings (SSSR count). The molecule has 202 valence electrons. The van der Waals surface area contributed by atoms with Gasteiger partial charge in [-0.05, 0) is 66.8 Å². The van der Waals surface area contributed by atoms with E-state index in [9.17, 15) is 4.79 Å². The van der Waals surface area contributed by atoms with Gasteiger partial charge in [0.1, 0.15) is 11.4 Å². The molecule has 1 aliphatic rings. The molecule has 0 bridgehead atoms. The number of piperidine rings is 1. The molecule has 0 saturated carbocycles. The highest BCUT2D eigenvalue weighted by Gasteiger charge is 2.35. The van der Waals surface area contributed by atoms with E-state index >= 15 is 0 Å². The molecule has 7 heteroatoms. The summed E-state index contributed by atoms with van der Waals surface area (Å²) >= 11 is 4.75. The minimum atomic E-state index is -0.545. The maximum absolute atomic E-state index is 12.9. The molecule has 0 N–H and O–H groups in total. The Morgan fingerprint density at radius 3 is 2.44 bits per heavy atom. The number of benzene rings is 3. The summed E-state index contributed by atoms with van der Waals surface area (Å²) in [7, 11) is 0. The van der Waals surface area contributed by atoms with Gasteiger partial charge >= 0.3 is 6.09 Å². The van der Waals surface area contributed by atoms with Crippen LogP contribution in [0.25, 0.3) is 10.8 Å². The largest absolute Gasteiger partial charge is 0.444 e. The van der Waals surface area contributed by atoms with Crippen molar-refractivity contribution in [3.05, 3.63) is 108 Å². The molecule has 3 unspecified atom stereocenters. The van der Waals surface area contributed by atoms with E-state index in [2.05, 4.69) is 64.6 Å². The van der Waals surface area contributed by atoms with Gasteiger partial charge in [0.25, 0.3) is 0 Å². The van der Waals surface area contributed by atoms with Crippen molar-refractivity contribution in [3.63, 3.8) is 0 Å². The van der Waals surface area contributed by atoms with Gasteiger partial charge < -0.3 is 14.4 Å². The lowest BCUT2D eigenvalue weighted by molar-refractivity contribution is -0.0359. The van der Waals surface area contributed by atoms with Crippen LogP contribution >= 0.6 is 12.6 Å². The van der Waals surface area contributed by atoms with E-state index in [0.717, 1.165) is 17.5 Å². The number of carbonyl (C=O) groups is 1. The second-order valence-electron chi connectivity index (χ2n) is 11.0. The van der Waals surface area contributed by atoms with Crippen LogP contribution in [0.15, 0.2) is 85.2 Å². The van der Waals surface area contributed by atoms with Crippen molar-refractivity contribution in [2.24, 2.45) is 0 Å². The molecule has 0 radical (unpaired) electrons. The second-order valence-corrected chi connectivity index (χ2v) is 11.5. The third-order valence-electron chi connectivity index (χ3n) is 7.00. The molecule has 1 aromatic heterocycles. The van der Waals surface area contributed by atoms with E-state index in [1.165, 1.54) is 16.3 Å². The number of rotatable bonds is 6. The Morgan fingerprint density at radius 1 is 1.00 bits per heavy atom. The van der Waals surface area contributed by atoms with Gasteiger partial charge in [0.2, 0.25) is 0 Å².